The van der Waals surface area contributed by atoms with Gasteiger partial charge in [0.25, 0.3) is 0 Å². The number of hydrogen-bond donors (Lipinski definition) is 1. The van der Waals surface area contributed by atoms with Gasteiger partial charge in [-0.2, -0.15) is 0 Å². The molecule has 1 atom stereocenters. The summed E-state index contributed by atoms with van der Waals surface area (Å²) in [7, 11) is 0. The van der Waals surface area contributed by atoms with E-state index in [1.54, 1.807) is 11.3 Å². The van der Waals surface area contributed by atoms with Gasteiger partial charge in [-0.05, 0) is 12.5 Å². The molecule has 0 fully saturated rings. The monoisotopic (exact) mass is 274 g/mol. The molecule has 0 radical (unpaired) electrons. The molecule has 1 aromatic carbocycles. The van der Waals surface area contributed by atoms with Crippen molar-refractivity contribution in [1.29, 1.82) is 0 Å². The van der Waals surface area contributed by atoms with E-state index in [-0.39, 0.29) is 11.5 Å². The molecule has 0 bridgehead atoms. The fraction of sp³-hybridized carbons (Fsp3) is 0.438. The lowest BCUT2D eigenvalue weighted by Gasteiger charge is -2.14. The van der Waals surface area contributed by atoms with Crippen LogP contribution in [0, 0.1) is 6.92 Å². The van der Waals surface area contributed by atoms with Crippen LogP contribution < -0.4 is 5.73 Å². The predicted octanol–water partition coefficient (Wildman–Crippen LogP) is 3.99. The highest BCUT2D eigenvalue weighted by atomic mass is 32.1. The summed E-state index contributed by atoms with van der Waals surface area (Å²) in [4.78, 5) is 4.71. The molecule has 102 valence electrons. The summed E-state index contributed by atoms with van der Waals surface area (Å²) in [6, 6.07) is 8.43. The molecule has 0 aliphatic rings. The third-order valence-electron chi connectivity index (χ3n) is 3.18. The van der Waals surface area contributed by atoms with Crippen LogP contribution in [0.15, 0.2) is 29.6 Å². The SMILES string of the molecule is Cc1cccc(C(N)Cc2nc(C(C)(C)C)cs2)c1. The molecule has 1 heterocycles. The van der Waals surface area contributed by atoms with Crippen LogP contribution in [0.1, 0.15) is 48.6 Å². The van der Waals surface area contributed by atoms with Crippen molar-refractivity contribution in [1.82, 2.24) is 4.98 Å². The van der Waals surface area contributed by atoms with Crippen LogP contribution in [-0.4, -0.2) is 4.98 Å². The van der Waals surface area contributed by atoms with Gasteiger partial charge in [0.15, 0.2) is 0 Å². The zero-order valence-electron chi connectivity index (χ0n) is 12.1. The van der Waals surface area contributed by atoms with Crippen molar-refractivity contribution in [2.45, 2.75) is 45.6 Å². The van der Waals surface area contributed by atoms with Crippen molar-refractivity contribution in [3.63, 3.8) is 0 Å². The maximum absolute atomic E-state index is 6.28. The second-order valence-electron chi connectivity index (χ2n) is 6.10. The summed E-state index contributed by atoms with van der Waals surface area (Å²) in [6.07, 6.45) is 0.810. The summed E-state index contributed by atoms with van der Waals surface area (Å²) < 4.78 is 0. The Morgan fingerprint density at radius 2 is 2.05 bits per heavy atom. The minimum Gasteiger partial charge on any atom is -0.324 e. The zero-order chi connectivity index (χ0) is 14.0. The van der Waals surface area contributed by atoms with Gasteiger partial charge in [0.05, 0.1) is 10.7 Å². The number of aromatic nitrogens is 1. The largest absolute Gasteiger partial charge is 0.324 e. The predicted molar refractivity (Wildman–Crippen MR) is 82.6 cm³/mol. The lowest BCUT2D eigenvalue weighted by Crippen LogP contribution is -2.15. The molecule has 19 heavy (non-hydrogen) atoms. The summed E-state index contributed by atoms with van der Waals surface area (Å²) in [5, 5.41) is 3.28. The fourth-order valence-corrected chi connectivity index (χ4v) is 3.04. The second-order valence-corrected chi connectivity index (χ2v) is 7.04. The van der Waals surface area contributed by atoms with Crippen LogP contribution in [-0.2, 0) is 11.8 Å². The van der Waals surface area contributed by atoms with Crippen molar-refractivity contribution in [3.8, 4) is 0 Å². The third kappa shape index (κ3) is 3.64. The van der Waals surface area contributed by atoms with Crippen molar-refractivity contribution in [2.75, 3.05) is 0 Å². The van der Waals surface area contributed by atoms with Crippen molar-refractivity contribution in [3.05, 3.63) is 51.5 Å². The minimum atomic E-state index is 0.0267. The van der Waals surface area contributed by atoms with Gasteiger partial charge in [0, 0.05) is 23.3 Å². The Hall–Kier alpha value is -1.19. The zero-order valence-corrected chi connectivity index (χ0v) is 12.9. The smallest absolute Gasteiger partial charge is 0.0947 e. The van der Waals surface area contributed by atoms with Gasteiger partial charge >= 0.3 is 0 Å². The molecule has 2 nitrogen and oxygen atoms in total. The average Bonchev–Trinajstić information content (AvgIpc) is 2.77. The van der Waals surface area contributed by atoms with Gasteiger partial charge in [-0.15, -0.1) is 11.3 Å². The molecule has 1 aromatic heterocycles. The van der Waals surface area contributed by atoms with Crippen molar-refractivity contribution < 1.29 is 0 Å². The standard InChI is InChI=1S/C16H22N2S/c1-11-6-5-7-12(8-11)13(17)9-15-18-14(10-19-15)16(2,3)4/h5-8,10,13H,9,17H2,1-4H3. The topological polar surface area (TPSA) is 38.9 Å². The van der Waals surface area contributed by atoms with E-state index < -0.39 is 0 Å². The van der Waals surface area contributed by atoms with Gasteiger partial charge < -0.3 is 5.73 Å². The van der Waals surface area contributed by atoms with E-state index in [0.717, 1.165) is 17.1 Å². The summed E-state index contributed by atoms with van der Waals surface area (Å²) in [5.74, 6) is 0. The molecule has 0 aliphatic heterocycles. The molecule has 2 aromatic rings. The Labute approximate surface area is 119 Å². The molecule has 0 aliphatic carbocycles. The number of rotatable bonds is 3. The third-order valence-corrected chi connectivity index (χ3v) is 4.06. The minimum absolute atomic E-state index is 0.0267. The van der Waals surface area contributed by atoms with Gasteiger partial charge in [-0.1, -0.05) is 50.6 Å². The van der Waals surface area contributed by atoms with Crippen LogP contribution in [0.4, 0.5) is 0 Å². The van der Waals surface area contributed by atoms with Crippen molar-refractivity contribution >= 4 is 11.3 Å². The molecular formula is C16H22N2S. The first-order valence-electron chi connectivity index (χ1n) is 6.63. The highest BCUT2D eigenvalue weighted by Crippen LogP contribution is 2.26. The number of hydrogen-bond acceptors (Lipinski definition) is 3. The molecule has 2 N–H and O–H groups in total. The van der Waals surface area contributed by atoms with Crippen LogP contribution in [0.3, 0.4) is 0 Å². The van der Waals surface area contributed by atoms with E-state index in [1.807, 2.05) is 0 Å². The van der Waals surface area contributed by atoms with Gasteiger partial charge in [-0.3, -0.25) is 0 Å². The molecule has 1 unspecified atom stereocenters. The average molecular weight is 274 g/mol. The number of aryl methyl sites for hydroxylation is 1. The number of nitrogens with two attached hydrogens (primary N) is 1. The quantitative estimate of drug-likeness (QED) is 0.919. The number of benzene rings is 1. The Balaban J connectivity index is 2.11. The Kier molecular flexibility index (Phi) is 4.07. The van der Waals surface area contributed by atoms with Crippen LogP contribution in [0.5, 0.6) is 0 Å². The van der Waals surface area contributed by atoms with E-state index in [0.29, 0.717) is 0 Å². The molecule has 0 saturated carbocycles. The highest BCUT2D eigenvalue weighted by molar-refractivity contribution is 7.09. The van der Waals surface area contributed by atoms with Crippen LogP contribution in [0.2, 0.25) is 0 Å². The summed E-state index contributed by atoms with van der Waals surface area (Å²) >= 11 is 1.71. The summed E-state index contributed by atoms with van der Waals surface area (Å²) in [5.41, 5.74) is 9.99. The van der Waals surface area contributed by atoms with Gasteiger partial charge in [0.2, 0.25) is 0 Å². The number of nitrogens with zero attached hydrogens (tertiary/aromatic N) is 1. The van der Waals surface area contributed by atoms with E-state index in [4.69, 9.17) is 10.7 Å². The van der Waals surface area contributed by atoms with Gasteiger partial charge in [0.1, 0.15) is 0 Å². The summed E-state index contributed by atoms with van der Waals surface area (Å²) in [6.45, 7) is 8.66. The molecule has 0 spiro atoms. The van der Waals surface area contributed by atoms with E-state index >= 15 is 0 Å². The van der Waals surface area contributed by atoms with Crippen LogP contribution in [0.25, 0.3) is 0 Å². The molecule has 0 amide bonds. The first-order valence-corrected chi connectivity index (χ1v) is 7.51. The second kappa shape index (κ2) is 5.43. The number of thiazole rings is 1. The van der Waals surface area contributed by atoms with Crippen molar-refractivity contribution in [2.24, 2.45) is 5.73 Å². The Bertz CT molecular complexity index is 552. The van der Waals surface area contributed by atoms with Crippen LogP contribution >= 0.6 is 11.3 Å². The highest BCUT2D eigenvalue weighted by Gasteiger charge is 2.18. The molecule has 0 saturated heterocycles. The van der Waals surface area contributed by atoms with E-state index in [2.05, 4.69) is 57.3 Å². The Morgan fingerprint density at radius 1 is 1.32 bits per heavy atom. The first kappa shape index (κ1) is 14.2. The molecule has 2 rings (SSSR count). The molecule has 3 heteroatoms. The van der Waals surface area contributed by atoms with E-state index in [1.165, 1.54) is 11.1 Å². The Morgan fingerprint density at radius 3 is 2.63 bits per heavy atom. The maximum atomic E-state index is 6.28. The maximum Gasteiger partial charge on any atom is 0.0947 e. The van der Waals surface area contributed by atoms with E-state index in [9.17, 15) is 0 Å². The molecular weight excluding hydrogens is 252 g/mol. The normalized spacial score (nSPS) is 13.5. The first-order chi connectivity index (χ1) is 8.86. The van der Waals surface area contributed by atoms with Gasteiger partial charge in [-0.25, -0.2) is 4.98 Å². The fourth-order valence-electron chi connectivity index (χ4n) is 1.96. The lowest BCUT2D eigenvalue weighted by atomic mass is 9.93. The lowest BCUT2D eigenvalue weighted by molar-refractivity contribution is 0.569.